The van der Waals surface area contributed by atoms with E-state index in [9.17, 15) is 0 Å². The highest BCUT2D eigenvalue weighted by Crippen LogP contribution is 2.43. The molecule has 0 saturated carbocycles. The molecule has 2 saturated heterocycles. The van der Waals surface area contributed by atoms with E-state index in [1.54, 1.807) is 0 Å². The summed E-state index contributed by atoms with van der Waals surface area (Å²) >= 11 is 6.23. The van der Waals surface area contributed by atoms with Crippen molar-refractivity contribution in [3.63, 3.8) is 0 Å². The van der Waals surface area contributed by atoms with Gasteiger partial charge in [-0.3, -0.25) is 0 Å². The van der Waals surface area contributed by atoms with Gasteiger partial charge < -0.3 is 9.64 Å². The van der Waals surface area contributed by atoms with E-state index in [0.29, 0.717) is 11.3 Å². The second kappa shape index (κ2) is 5.57. The number of halogens is 1. The van der Waals surface area contributed by atoms with Crippen LogP contribution in [0.2, 0.25) is 5.02 Å². The summed E-state index contributed by atoms with van der Waals surface area (Å²) in [7, 11) is 0. The molecule has 2 heterocycles. The molecule has 2 fully saturated rings. The summed E-state index contributed by atoms with van der Waals surface area (Å²) in [4.78, 5) is 2.55. The van der Waals surface area contributed by atoms with E-state index in [1.807, 2.05) is 6.07 Å². The fraction of sp³-hybridized carbons (Fsp3) is 0.647. The molecule has 2 nitrogen and oxygen atoms in total. The van der Waals surface area contributed by atoms with Crippen molar-refractivity contribution < 1.29 is 4.74 Å². The third-order valence-corrected chi connectivity index (χ3v) is 5.18. The van der Waals surface area contributed by atoms with Crippen LogP contribution in [-0.2, 0) is 4.74 Å². The van der Waals surface area contributed by atoms with Crippen LogP contribution < -0.4 is 4.90 Å². The van der Waals surface area contributed by atoms with Gasteiger partial charge in [0.2, 0.25) is 0 Å². The number of hydrogen-bond donors (Lipinski definition) is 0. The molecule has 0 radical (unpaired) electrons. The smallest absolute Gasteiger partial charge is 0.0472 e. The quantitative estimate of drug-likeness (QED) is 0.798. The molecule has 110 valence electrons. The Morgan fingerprint density at radius 2 is 1.95 bits per heavy atom. The Balaban J connectivity index is 1.85. The number of anilines is 1. The van der Waals surface area contributed by atoms with Crippen molar-refractivity contribution in [2.45, 2.75) is 39.0 Å². The number of rotatable bonds is 2. The molecule has 0 aliphatic carbocycles. The zero-order chi connectivity index (χ0) is 14.2. The van der Waals surface area contributed by atoms with Gasteiger partial charge in [-0.05, 0) is 48.3 Å². The van der Waals surface area contributed by atoms with Crippen LogP contribution in [0.15, 0.2) is 18.2 Å². The highest BCUT2D eigenvalue weighted by molar-refractivity contribution is 6.30. The van der Waals surface area contributed by atoms with Crippen molar-refractivity contribution in [1.29, 1.82) is 0 Å². The molecular weight excluding hydrogens is 270 g/mol. The predicted molar refractivity (Wildman–Crippen MR) is 84.9 cm³/mol. The zero-order valence-electron chi connectivity index (χ0n) is 12.5. The number of ether oxygens (including phenoxy) is 1. The average Bonchev–Trinajstić information content (AvgIpc) is 2.83. The standard InChI is InChI=1S/C17H24ClNO/c1-13(2)15-4-3-14(18)11-16(15)19-8-5-17(12-19)6-9-20-10-7-17/h3-4,11,13H,5-10,12H2,1-2H3. The summed E-state index contributed by atoms with van der Waals surface area (Å²) in [6.07, 6.45) is 3.71. The Hall–Kier alpha value is -0.730. The molecule has 0 aromatic heterocycles. The molecule has 1 spiro atoms. The maximum Gasteiger partial charge on any atom is 0.0472 e. The summed E-state index contributed by atoms with van der Waals surface area (Å²) in [6, 6.07) is 6.35. The second-order valence-electron chi connectivity index (χ2n) is 6.64. The maximum atomic E-state index is 6.23. The molecule has 1 aromatic carbocycles. The Morgan fingerprint density at radius 3 is 2.65 bits per heavy atom. The molecular formula is C17H24ClNO. The zero-order valence-corrected chi connectivity index (χ0v) is 13.2. The van der Waals surface area contributed by atoms with Gasteiger partial charge in [-0.15, -0.1) is 0 Å². The maximum absolute atomic E-state index is 6.23. The molecule has 2 aliphatic heterocycles. The van der Waals surface area contributed by atoms with Gasteiger partial charge in [-0.1, -0.05) is 31.5 Å². The first kappa shape index (κ1) is 14.2. The van der Waals surface area contributed by atoms with Crippen LogP contribution in [0.4, 0.5) is 5.69 Å². The van der Waals surface area contributed by atoms with Crippen LogP contribution in [0.1, 0.15) is 44.6 Å². The first-order chi connectivity index (χ1) is 9.60. The normalized spacial score (nSPS) is 21.9. The summed E-state index contributed by atoms with van der Waals surface area (Å²) in [6.45, 7) is 8.69. The summed E-state index contributed by atoms with van der Waals surface area (Å²) in [5, 5.41) is 0.845. The lowest BCUT2D eigenvalue weighted by Crippen LogP contribution is -2.33. The minimum atomic E-state index is 0.481. The topological polar surface area (TPSA) is 12.5 Å². The third kappa shape index (κ3) is 2.68. The van der Waals surface area contributed by atoms with E-state index >= 15 is 0 Å². The molecule has 1 aromatic rings. The Labute approximate surface area is 127 Å². The fourth-order valence-corrected chi connectivity index (χ4v) is 3.80. The molecule has 20 heavy (non-hydrogen) atoms. The highest BCUT2D eigenvalue weighted by atomic mass is 35.5. The predicted octanol–water partition coefficient (Wildman–Crippen LogP) is 4.47. The fourth-order valence-electron chi connectivity index (χ4n) is 3.63. The van der Waals surface area contributed by atoms with Gasteiger partial charge in [0.25, 0.3) is 0 Å². The van der Waals surface area contributed by atoms with Crippen molar-refractivity contribution in [2.75, 3.05) is 31.2 Å². The Morgan fingerprint density at radius 1 is 1.20 bits per heavy atom. The van der Waals surface area contributed by atoms with E-state index in [2.05, 4.69) is 30.9 Å². The largest absolute Gasteiger partial charge is 0.381 e. The van der Waals surface area contributed by atoms with Crippen molar-refractivity contribution in [3.8, 4) is 0 Å². The Bertz CT molecular complexity index is 480. The van der Waals surface area contributed by atoms with Crippen molar-refractivity contribution in [3.05, 3.63) is 28.8 Å². The average molecular weight is 294 g/mol. The lowest BCUT2D eigenvalue weighted by molar-refractivity contribution is 0.0254. The molecule has 0 bridgehead atoms. The van der Waals surface area contributed by atoms with Gasteiger partial charge in [0.1, 0.15) is 0 Å². The van der Waals surface area contributed by atoms with Crippen LogP contribution in [0.3, 0.4) is 0 Å². The molecule has 2 aliphatic rings. The summed E-state index contributed by atoms with van der Waals surface area (Å²) in [5.74, 6) is 0.536. The molecule has 3 rings (SSSR count). The van der Waals surface area contributed by atoms with E-state index in [-0.39, 0.29) is 0 Å². The van der Waals surface area contributed by atoms with E-state index in [0.717, 1.165) is 31.3 Å². The van der Waals surface area contributed by atoms with E-state index < -0.39 is 0 Å². The number of hydrogen-bond acceptors (Lipinski definition) is 2. The molecule has 0 atom stereocenters. The molecule has 0 N–H and O–H groups in total. The minimum Gasteiger partial charge on any atom is -0.381 e. The Kier molecular flexibility index (Phi) is 3.96. The van der Waals surface area contributed by atoms with Crippen LogP contribution in [0.5, 0.6) is 0 Å². The third-order valence-electron chi connectivity index (χ3n) is 4.95. The van der Waals surface area contributed by atoms with E-state index in [4.69, 9.17) is 16.3 Å². The number of benzene rings is 1. The molecule has 0 amide bonds. The van der Waals surface area contributed by atoms with Crippen LogP contribution in [0.25, 0.3) is 0 Å². The lowest BCUT2D eigenvalue weighted by atomic mass is 9.80. The highest BCUT2D eigenvalue weighted by Gasteiger charge is 2.39. The SMILES string of the molecule is CC(C)c1ccc(Cl)cc1N1CCC2(CCOCC2)C1. The van der Waals surface area contributed by atoms with Gasteiger partial charge in [0.05, 0.1) is 0 Å². The van der Waals surface area contributed by atoms with Crippen LogP contribution >= 0.6 is 11.6 Å². The first-order valence-corrected chi connectivity index (χ1v) is 8.10. The number of nitrogens with zero attached hydrogens (tertiary/aromatic N) is 1. The van der Waals surface area contributed by atoms with Crippen LogP contribution in [0, 0.1) is 5.41 Å². The van der Waals surface area contributed by atoms with Crippen molar-refractivity contribution in [1.82, 2.24) is 0 Å². The van der Waals surface area contributed by atoms with Crippen molar-refractivity contribution >= 4 is 17.3 Å². The van der Waals surface area contributed by atoms with Gasteiger partial charge in [-0.25, -0.2) is 0 Å². The van der Waals surface area contributed by atoms with Gasteiger partial charge in [-0.2, -0.15) is 0 Å². The summed E-state index contributed by atoms with van der Waals surface area (Å²) in [5.41, 5.74) is 3.24. The van der Waals surface area contributed by atoms with Crippen molar-refractivity contribution in [2.24, 2.45) is 5.41 Å². The van der Waals surface area contributed by atoms with Gasteiger partial charge >= 0.3 is 0 Å². The van der Waals surface area contributed by atoms with Crippen LogP contribution in [-0.4, -0.2) is 26.3 Å². The van der Waals surface area contributed by atoms with Gasteiger partial charge in [0, 0.05) is 37.0 Å². The van der Waals surface area contributed by atoms with Gasteiger partial charge in [0.15, 0.2) is 0 Å². The second-order valence-corrected chi connectivity index (χ2v) is 7.08. The monoisotopic (exact) mass is 293 g/mol. The minimum absolute atomic E-state index is 0.481. The first-order valence-electron chi connectivity index (χ1n) is 7.72. The van der Waals surface area contributed by atoms with E-state index in [1.165, 1.54) is 30.5 Å². The molecule has 3 heteroatoms. The molecule has 0 unspecified atom stereocenters. The lowest BCUT2D eigenvalue weighted by Gasteiger charge is -2.34. The summed E-state index contributed by atoms with van der Waals surface area (Å²) < 4.78 is 5.54.